The van der Waals surface area contributed by atoms with E-state index in [0.717, 1.165) is 12.0 Å². The Morgan fingerprint density at radius 3 is 2.29 bits per heavy atom. The van der Waals surface area contributed by atoms with Gasteiger partial charge in [0.1, 0.15) is 6.61 Å². The van der Waals surface area contributed by atoms with Crippen LogP contribution in [0.2, 0.25) is 0 Å². The van der Waals surface area contributed by atoms with Crippen molar-refractivity contribution in [2.75, 3.05) is 19.8 Å². The molecule has 2 bridgehead atoms. The summed E-state index contributed by atoms with van der Waals surface area (Å²) in [5, 5.41) is 0. The molecule has 1 fully saturated rings. The molecule has 0 N–H and O–H groups in total. The van der Waals surface area contributed by atoms with Crippen molar-refractivity contribution in [1.82, 2.24) is 4.90 Å². The predicted molar refractivity (Wildman–Crippen MR) is 134 cm³/mol. The second kappa shape index (κ2) is 8.62. The second-order valence-corrected chi connectivity index (χ2v) is 9.19. The average molecular weight is 450 g/mol. The molecule has 2 unspecified atom stereocenters. The van der Waals surface area contributed by atoms with Crippen LogP contribution in [-0.4, -0.2) is 42.9 Å². The number of benzene rings is 3. The third kappa shape index (κ3) is 3.55. The van der Waals surface area contributed by atoms with E-state index in [4.69, 9.17) is 9.47 Å². The minimum absolute atomic E-state index is 0.0199. The molecule has 3 aliphatic rings. The zero-order valence-corrected chi connectivity index (χ0v) is 19.0. The van der Waals surface area contributed by atoms with Gasteiger partial charge in [0.25, 0.3) is 0 Å². The van der Waals surface area contributed by atoms with Gasteiger partial charge in [0.15, 0.2) is 0 Å². The largest absolute Gasteiger partial charge is 0.448 e. The number of fused-ring (bicyclic) bond motifs is 5. The van der Waals surface area contributed by atoms with E-state index in [0.29, 0.717) is 19.8 Å². The van der Waals surface area contributed by atoms with Gasteiger partial charge in [0.2, 0.25) is 0 Å². The van der Waals surface area contributed by atoms with Crippen LogP contribution in [0.5, 0.6) is 0 Å². The van der Waals surface area contributed by atoms with Crippen LogP contribution in [0.3, 0.4) is 0 Å². The lowest BCUT2D eigenvalue weighted by atomic mass is 9.90. The van der Waals surface area contributed by atoms with E-state index in [2.05, 4.69) is 85.5 Å². The van der Waals surface area contributed by atoms with Crippen LogP contribution >= 0.6 is 0 Å². The lowest BCUT2D eigenvalue weighted by molar-refractivity contribution is -0.0331. The van der Waals surface area contributed by atoms with E-state index in [1.165, 1.54) is 33.4 Å². The number of amides is 1. The zero-order chi connectivity index (χ0) is 23.1. The van der Waals surface area contributed by atoms with Gasteiger partial charge < -0.3 is 9.47 Å². The van der Waals surface area contributed by atoms with Gasteiger partial charge in [-0.3, -0.25) is 4.90 Å². The highest BCUT2D eigenvalue weighted by atomic mass is 16.6. The Labute approximate surface area is 200 Å². The van der Waals surface area contributed by atoms with Crippen LogP contribution in [0.4, 0.5) is 4.79 Å². The minimum atomic E-state index is -0.252. The molecule has 4 nitrogen and oxygen atoms in total. The Morgan fingerprint density at radius 2 is 1.65 bits per heavy atom. The third-order valence-corrected chi connectivity index (χ3v) is 7.26. The first-order chi connectivity index (χ1) is 16.7. The van der Waals surface area contributed by atoms with Crippen molar-refractivity contribution < 1.29 is 14.3 Å². The van der Waals surface area contributed by atoms with Gasteiger partial charge in [-0.1, -0.05) is 91.5 Å². The summed E-state index contributed by atoms with van der Waals surface area (Å²) < 4.78 is 11.8. The fourth-order valence-electron chi connectivity index (χ4n) is 5.60. The maximum absolute atomic E-state index is 13.3. The second-order valence-electron chi connectivity index (χ2n) is 9.19. The normalized spacial score (nSPS) is 20.8. The highest BCUT2D eigenvalue weighted by Gasteiger charge is 2.39. The van der Waals surface area contributed by atoms with Crippen molar-refractivity contribution in [3.63, 3.8) is 0 Å². The lowest BCUT2D eigenvalue weighted by Crippen LogP contribution is -2.56. The van der Waals surface area contributed by atoms with Crippen LogP contribution < -0.4 is 0 Å². The first-order valence-corrected chi connectivity index (χ1v) is 11.9. The number of rotatable bonds is 4. The summed E-state index contributed by atoms with van der Waals surface area (Å²) >= 11 is 0. The summed E-state index contributed by atoms with van der Waals surface area (Å²) in [5.74, 6) is 0.0618. The molecule has 34 heavy (non-hydrogen) atoms. The molecule has 0 radical (unpaired) electrons. The Morgan fingerprint density at radius 1 is 0.971 bits per heavy atom. The van der Waals surface area contributed by atoms with E-state index in [1.54, 1.807) is 0 Å². The maximum Gasteiger partial charge on any atom is 0.410 e. The van der Waals surface area contributed by atoms with E-state index in [-0.39, 0.29) is 24.1 Å². The number of morpholine rings is 1. The summed E-state index contributed by atoms with van der Waals surface area (Å²) in [6, 6.07) is 25.1. The van der Waals surface area contributed by atoms with Crippen LogP contribution in [0, 0.1) is 0 Å². The van der Waals surface area contributed by atoms with Crippen LogP contribution in [-0.2, 0) is 9.47 Å². The standard InChI is InChI=1S/C30H27NO3/c1-2-20-11-13-21(14-12-20)22-15-23-17-33-18-24(16-22)31(23)30(32)34-19-29-27-9-5-3-7-25(27)26-8-4-6-10-28(26)29/h2-15,23-24,29H,1,16-19H2. The number of hydrogen-bond donors (Lipinski definition) is 0. The topological polar surface area (TPSA) is 38.8 Å². The highest BCUT2D eigenvalue weighted by Crippen LogP contribution is 2.44. The summed E-state index contributed by atoms with van der Waals surface area (Å²) in [4.78, 5) is 15.2. The zero-order valence-electron chi connectivity index (χ0n) is 19.0. The average Bonchev–Trinajstić information content (AvgIpc) is 3.20. The Hall–Kier alpha value is -3.63. The van der Waals surface area contributed by atoms with Crippen molar-refractivity contribution >= 4 is 17.7 Å². The molecule has 2 aliphatic heterocycles. The molecule has 1 aliphatic carbocycles. The number of nitrogens with zero attached hydrogens (tertiary/aromatic N) is 1. The van der Waals surface area contributed by atoms with Crippen molar-refractivity contribution in [2.45, 2.75) is 24.4 Å². The molecule has 1 amide bonds. The predicted octanol–water partition coefficient (Wildman–Crippen LogP) is 6.14. The monoisotopic (exact) mass is 449 g/mol. The van der Waals surface area contributed by atoms with Crippen LogP contribution in [0.25, 0.3) is 22.8 Å². The first kappa shape index (κ1) is 20.9. The molecule has 170 valence electrons. The number of carbonyl (C=O) groups excluding carboxylic acids is 1. The van der Waals surface area contributed by atoms with Gasteiger partial charge in [-0.25, -0.2) is 4.79 Å². The highest BCUT2D eigenvalue weighted by molar-refractivity contribution is 5.79. The van der Waals surface area contributed by atoms with Gasteiger partial charge in [0, 0.05) is 5.92 Å². The Balaban J connectivity index is 1.21. The number of hydrogen-bond acceptors (Lipinski definition) is 3. The molecule has 3 aromatic carbocycles. The fraction of sp³-hybridized carbons (Fsp3) is 0.233. The molecular weight excluding hydrogens is 422 g/mol. The quantitative estimate of drug-likeness (QED) is 0.481. The van der Waals surface area contributed by atoms with Crippen molar-refractivity contribution in [2.24, 2.45) is 0 Å². The Kier molecular flexibility index (Phi) is 5.31. The SMILES string of the molecule is C=Cc1ccc(C2=CC3COCC(C2)N3C(=O)OCC2c3ccccc3-c3ccccc32)cc1. The van der Waals surface area contributed by atoms with Gasteiger partial charge in [-0.15, -0.1) is 0 Å². The summed E-state index contributed by atoms with van der Waals surface area (Å²) in [6.45, 7) is 5.19. The van der Waals surface area contributed by atoms with E-state index >= 15 is 0 Å². The first-order valence-electron chi connectivity index (χ1n) is 11.9. The van der Waals surface area contributed by atoms with Gasteiger partial charge in [0.05, 0.1) is 25.3 Å². The summed E-state index contributed by atoms with van der Waals surface area (Å²) in [5.41, 5.74) is 8.47. The summed E-state index contributed by atoms with van der Waals surface area (Å²) in [7, 11) is 0. The fourth-order valence-corrected chi connectivity index (χ4v) is 5.60. The van der Waals surface area contributed by atoms with Gasteiger partial charge in [-0.05, 0) is 45.4 Å². The van der Waals surface area contributed by atoms with Crippen molar-refractivity contribution in [1.29, 1.82) is 0 Å². The molecule has 6 rings (SSSR count). The smallest absolute Gasteiger partial charge is 0.410 e. The number of carbonyl (C=O) groups is 1. The minimum Gasteiger partial charge on any atom is -0.448 e. The molecule has 4 heteroatoms. The molecule has 2 atom stereocenters. The van der Waals surface area contributed by atoms with Crippen LogP contribution in [0.15, 0.2) is 85.5 Å². The Bertz CT molecular complexity index is 1230. The van der Waals surface area contributed by atoms with E-state index in [9.17, 15) is 4.79 Å². The van der Waals surface area contributed by atoms with E-state index in [1.807, 2.05) is 11.0 Å². The third-order valence-electron chi connectivity index (χ3n) is 7.26. The molecule has 3 aromatic rings. The molecule has 0 aromatic heterocycles. The van der Waals surface area contributed by atoms with Gasteiger partial charge >= 0.3 is 6.09 Å². The molecule has 0 spiro atoms. The van der Waals surface area contributed by atoms with Crippen molar-refractivity contribution in [3.05, 3.63) is 108 Å². The summed E-state index contributed by atoms with van der Waals surface area (Å²) in [6.07, 6.45) is 4.52. The van der Waals surface area contributed by atoms with Crippen molar-refractivity contribution in [3.8, 4) is 11.1 Å². The number of ether oxygens (including phenoxy) is 2. The van der Waals surface area contributed by atoms with E-state index < -0.39 is 0 Å². The molecule has 2 heterocycles. The molecular formula is C30H27NO3. The molecule has 0 saturated carbocycles. The molecule has 1 saturated heterocycles. The maximum atomic E-state index is 13.3. The van der Waals surface area contributed by atoms with Gasteiger partial charge in [-0.2, -0.15) is 0 Å². The lowest BCUT2D eigenvalue weighted by Gasteiger charge is -2.44. The van der Waals surface area contributed by atoms with Crippen LogP contribution in [0.1, 0.15) is 34.6 Å².